The summed E-state index contributed by atoms with van der Waals surface area (Å²) in [5.74, 6) is 1.64. The van der Waals surface area contributed by atoms with Gasteiger partial charge in [-0.15, -0.1) is 0 Å². The molecule has 182 valence electrons. The fraction of sp³-hybridized carbons (Fsp3) is 0.0625. The Hall–Kier alpha value is -5.10. The average molecular weight is 493 g/mol. The number of hydrogen-bond acceptors (Lipinski definition) is 6. The van der Waals surface area contributed by atoms with Gasteiger partial charge in [-0.25, -0.2) is 9.97 Å². The highest BCUT2D eigenvalue weighted by Gasteiger charge is 2.19. The molecule has 5 aromatic rings. The van der Waals surface area contributed by atoms with Gasteiger partial charge in [-0.2, -0.15) is 0 Å². The number of rotatable bonds is 6. The summed E-state index contributed by atoms with van der Waals surface area (Å²) in [4.78, 5) is 18.6. The van der Waals surface area contributed by atoms with Crippen LogP contribution < -0.4 is 10.6 Å². The Morgan fingerprint density at radius 1 is 0.500 bits per heavy atom. The number of aromatic nitrogens is 2. The molecule has 0 aliphatic carbocycles. The number of pyridine rings is 2. The fourth-order valence-corrected chi connectivity index (χ4v) is 4.88. The lowest BCUT2D eigenvalue weighted by molar-refractivity contribution is 1.30. The predicted octanol–water partition coefficient (Wildman–Crippen LogP) is 7.32. The van der Waals surface area contributed by atoms with Crippen molar-refractivity contribution in [3.63, 3.8) is 0 Å². The Labute approximate surface area is 220 Å². The highest BCUT2D eigenvalue weighted by molar-refractivity contribution is 6.09. The molecule has 0 spiro atoms. The number of nitrogens with zero attached hydrogens (tertiary/aromatic N) is 4. The van der Waals surface area contributed by atoms with E-state index in [1.54, 1.807) is 12.4 Å². The molecule has 7 rings (SSSR count). The van der Waals surface area contributed by atoms with Crippen LogP contribution in [0.3, 0.4) is 0 Å². The third kappa shape index (κ3) is 4.44. The van der Waals surface area contributed by atoms with Crippen LogP contribution in [-0.2, 0) is 12.8 Å². The molecule has 0 radical (unpaired) electrons. The SMILES string of the molecule is c1ccc(Nc2ccc3c(c2)N=C(c2ccc(C4=Nc5cc(Nc6ccccn6)ccc5C4)cc2)C3)nc1. The summed E-state index contributed by atoms with van der Waals surface area (Å²) in [6.07, 6.45) is 5.22. The molecule has 2 aromatic heterocycles. The van der Waals surface area contributed by atoms with Crippen molar-refractivity contribution in [1.82, 2.24) is 9.97 Å². The molecule has 0 amide bonds. The minimum atomic E-state index is 0.822. The zero-order valence-electron chi connectivity index (χ0n) is 20.6. The quantitative estimate of drug-likeness (QED) is 0.260. The van der Waals surface area contributed by atoms with Crippen LogP contribution >= 0.6 is 0 Å². The molecule has 6 nitrogen and oxygen atoms in total. The van der Waals surface area contributed by atoms with Crippen molar-refractivity contribution < 1.29 is 0 Å². The Morgan fingerprint density at radius 3 is 1.39 bits per heavy atom. The Kier molecular flexibility index (Phi) is 5.48. The smallest absolute Gasteiger partial charge is 0.130 e. The Morgan fingerprint density at radius 2 is 0.974 bits per heavy atom. The molecule has 0 fully saturated rings. The molecule has 2 aliphatic heterocycles. The van der Waals surface area contributed by atoms with Gasteiger partial charge in [-0.05, 0) is 70.8 Å². The Balaban J connectivity index is 1.07. The summed E-state index contributed by atoms with van der Waals surface area (Å²) in [5.41, 5.74) is 10.9. The summed E-state index contributed by atoms with van der Waals surface area (Å²) in [5, 5.41) is 6.70. The zero-order chi connectivity index (χ0) is 25.3. The second-order valence-electron chi connectivity index (χ2n) is 9.41. The van der Waals surface area contributed by atoms with Crippen molar-refractivity contribution in [2.75, 3.05) is 10.6 Å². The molecular weight excluding hydrogens is 468 g/mol. The third-order valence-electron chi connectivity index (χ3n) is 6.82. The summed E-state index contributed by atoms with van der Waals surface area (Å²) < 4.78 is 0. The van der Waals surface area contributed by atoms with Crippen molar-refractivity contribution in [3.05, 3.63) is 132 Å². The van der Waals surface area contributed by atoms with Gasteiger partial charge in [0.25, 0.3) is 0 Å². The minimum Gasteiger partial charge on any atom is -0.340 e. The number of nitrogens with one attached hydrogen (secondary N) is 2. The summed E-state index contributed by atoms with van der Waals surface area (Å²) >= 11 is 0. The van der Waals surface area contributed by atoms with Crippen LogP contribution in [0.5, 0.6) is 0 Å². The summed E-state index contributed by atoms with van der Waals surface area (Å²) in [6.45, 7) is 0. The van der Waals surface area contributed by atoms with E-state index in [4.69, 9.17) is 9.98 Å². The van der Waals surface area contributed by atoms with Crippen LogP contribution in [0, 0.1) is 0 Å². The molecule has 0 saturated carbocycles. The largest absolute Gasteiger partial charge is 0.340 e. The maximum absolute atomic E-state index is 4.94. The first-order valence-corrected chi connectivity index (χ1v) is 12.6. The minimum absolute atomic E-state index is 0.822. The predicted molar refractivity (Wildman–Crippen MR) is 154 cm³/mol. The van der Waals surface area contributed by atoms with Gasteiger partial charge < -0.3 is 10.6 Å². The lowest BCUT2D eigenvalue weighted by Gasteiger charge is -2.06. The molecule has 0 unspecified atom stereocenters. The summed E-state index contributed by atoms with van der Waals surface area (Å²) in [6, 6.07) is 32.9. The van der Waals surface area contributed by atoms with Gasteiger partial charge in [-0.1, -0.05) is 48.5 Å². The second-order valence-corrected chi connectivity index (χ2v) is 9.41. The third-order valence-corrected chi connectivity index (χ3v) is 6.82. The van der Waals surface area contributed by atoms with E-state index in [0.29, 0.717) is 0 Å². The highest BCUT2D eigenvalue weighted by atomic mass is 15.0. The van der Waals surface area contributed by atoms with Gasteiger partial charge in [0.2, 0.25) is 0 Å². The lowest BCUT2D eigenvalue weighted by atomic mass is 9.99. The van der Waals surface area contributed by atoms with Gasteiger partial charge in [-0.3, -0.25) is 9.98 Å². The number of fused-ring (bicyclic) bond motifs is 2. The van der Waals surface area contributed by atoms with Crippen LogP contribution in [0.25, 0.3) is 0 Å². The average Bonchev–Trinajstić information content (AvgIpc) is 3.58. The monoisotopic (exact) mass is 492 g/mol. The lowest BCUT2D eigenvalue weighted by Crippen LogP contribution is -2.03. The topological polar surface area (TPSA) is 74.6 Å². The first kappa shape index (κ1) is 22.1. The maximum Gasteiger partial charge on any atom is 0.130 e. The van der Waals surface area contributed by atoms with Crippen molar-refractivity contribution in [2.45, 2.75) is 12.8 Å². The van der Waals surface area contributed by atoms with Gasteiger partial charge in [0.1, 0.15) is 11.6 Å². The van der Waals surface area contributed by atoms with Gasteiger partial charge in [0, 0.05) is 36.6 Å². The number of aliphatic imine (C=N–C) groups is 2. The number of hydrogen-bond donors (Lipinski definition) is 2. The standard InChI is InChI=1S/C32H24N6/c1-3-15-33-31(5-1)35-25-13-11-23-17-27(37-29(23)19-25)21-7-9-22(10-8-21)28-18-24-12-14-26(20-30(24)38-28)36-32-6-2-4-16-34-32/h1-16,19-20H,17-18H2,(H,33,35)(H,34,36). The van der Waals surface area contributed by atoms with Gasteiger partial charge in [0.05, 0.1) is 22.8 Å². The zero-order valence-corrected chi connectivity index (χ0v) is 20.6. The van der Waals surface area contributed by atoms with E-state index < -0.39 is 0 Å². The van der Waals surface area contributed by atoms with E-state index in [9.17, 15) is 0 Å². The van der Waals surface area contributed by atoms with Gasteiger partial charge >= 0.3 is 0 Å². The maximum atomic E-state index is 4.94. The van der Waals surface area contributed by atoms with E-state index in [1.165, 1.54) is 11.1 Å². The Bertz CT molecular complexity index is 1560. The molecule has 4 heterocycles. The van der Waals surface area contributed by atoms with Crippen LogP contribution in [0.4, 0.5) is 34.4 Å². The first-order valence-electron chi connectivity index (χ1n) is 12.6. The van der Waals surface area contributed by atoms with E-state index in [0.717, 1.165) is 69.8 Å². The van der Waals surface area contributed by atoms with E-state index in [1.807, 2.05) is 36.4 Å². The molecule has 0 atom stereocenters. The molecule has 2 aliphatic rings. The van der Waals surface area contributed by atoms with Crippen molar-refractivity contribution >= 4 is 45.8 Å². The van der Waals surface area contributed by atoms with Gasteiger partial charge in [0.15, 0.2) is 0 Å². The van der Waals surface area contributed by atoms with E-state index in [2.05, 4.69) is 81.3 Å². The fourth-order valence-electron chi connectivity index (χ4n) is 4.88. The normalized spacial score (nSPS) is 13.4. The molecule has 2 N–H and O–H groups in total. The van der Waals surface area contributed by atoms with Crippen molar-refractivity contribution in [3.8, 4) is 0 Å². The molecule has 0 saturated heterocycles. The highest BCUT2D eigenvalue weighted by Crippen LogP contribution is 2.34. The van der Waals surface area contributed by atoms with E-state index >= 15 is 0 Å². The van der Waals surface area contributed by atoms with E-state index in [-0.39, 0.29) is 0 Å². The molecular formula is C32H24N6. The van der Waals surface area contributed by atoms with Crippen LogP contribution in [0.1, 0.15) is 22.3 Å². The van der Waals surface area contributed by atoms with Crippen LogP contribution in [0.15, 0.2) is 119 Å². The van der Waals surface area contributed by atoms with Crippen molar-refractivity contribution in [1.29, 1.82) is 0 Å². The number of anilines is 4. The summed E-state index contributed by atoms with van der Waals surface area (Å²) in [7, 11) is 0. The first-order chi connectivity index (χ1) is 18.8. The molecule has 6 heteroatoms. The molecule has 3 aromatic carbocycles. The molecule has 0 bridgehead atoms. The van der Waals surface area contributed by atoms with Crippen LogP contribution in [-0.4, -0.2) is 21.4 Å². The van der Waals surface area contributed by atoms with Crippen LogP contribution in [0.2, 0.25) is 0 Å². The second kappa shape index (κ2) is 9.41. The number of benzene rings is 3. The molecule has 38 heavy (non-hydrogen) atoms. The van der Waals surface area contributed by atoms with Crippen molar-refractivity contribution in [2.24, 2.45) is 9.98 Å².